The third-order valence-electron chi connectivity index (χ3n) is 5.59. The van der Waals surface area contributed by atoms with Crippen LogP contribution in [-0.2, 0) is 40.9 Å². The Morgan fingerprint density at radius 1 is 0.912 bits per heavy atom. The number of fused-ring (bicyclic) bond motifs is 1. The van der Waals surface area contributed by atoms with E-state index in [1.54, 1.807) is 6.07 Å². The number of thioether (sulfide) groups is 1. The molecule has 1 aliphatic rings. The van der Waals surface area contributed by atoms with E-state index < -0.39 is 22.8 Å². The number of rotatable bonds is 9. The molecule has 3 aromatic carbocycles. The van der Waals surface area contributed by atoms with Gasteiger partial charge in [0, 0.05) is 5.75 Å². The van der Waals surface area contributed by atoms with Crippen LogP contribution in [0.15, 0.2) is 72.8 Å². The molecule has 0 aliphatic heterocycles. The highest BCUT2D eigenvalue weighted by Gasteiger charge is 2.45. The van der Waals surface area contributed by atoms with Gasteiger partial charge in [-0.2, -0.15) is 13.2 Å². The van der Waals surface area contributed by atoms with Crippen LogP contribution in [0.4, 0.5) is 13.2 Å². The van der Waals surface area contributed by atoms with Gasteiger partial charge in [0.1, 0.15) is 5.75 Å². The number of alkyl halides is 3. The molecule has 4 rings (SSSR count). The number of halogens is 3. The molecule has 1 atom stereocenters. The molecule has 0 saturated carbocycles. The first-order valence-electron chi connectivity index (χ1n) is 10.8. The minimum Gasteiger partial charge on any atom is -0.476 e. The smallest absolute Gasteiger partial charge is 0.416 e. The number of benzene rings is 3. The van der Waals surface area contributed by atoms with E-state index in [0.29, 0.717) is 17.1 Å². The maximum Gasteiger partial charge on any atom is 0.416 e. The van der Waals surface area contributed by atoms with Crippen LogP contribution in [0.25, 0.3) is 0 Å². The van der Waals surface area contributed by atoms with Crippen molar-refractivity contribution < 1.29 is 32.5 Å². The number of aliphatic carboxylic acids is 1. The normalized spacial score (nSPS) is 14.9. The van der Waals surface area contributed by atoms with Gasteiger partial charge in [-0.15, -0.1) is 0 Å². The molecule has 0 radical (unpaired) electrons. The third-order valence-corrected chi connectivity index (χ3v) is 6.82. The molecule has 0 spiro atoms. The number of hydrogen-bond acceptors (Lipinski definition) is 4. The van der Waals surface area contributed by atoms with Crippen molar-refractivity contribution in [2.45, 2.75) is 42.9 Å². The van der Waals surface area contributed by atoms with Gasteiger partial charge in [0.25, 0.3) is 0 Å². The molecule has 1 N–H and O–H groups in total. The molecule has 178 valence electrons. The fraction of sp³-hybridized carbons (Fsp3) is 0.269. The lowest BCUT2D eigenvalue weighted by Gasteiger charge is -2.30. The molecule has 1 unspecified atom stereocenters. The van der Waals surface area contributed by atoms with Crippen molar-refractivity contribution in [3.8, 4) is 5.75 Å². The largest absolute Gasteiger partial charge is 0.476 e. The van der Waals surface area contributed by atoms with Gasteiger partial charge in [0.05, 0.1) is 12.2 Å². The highest BCUT2D eigenvalue weighted by atomic mass is 32.2. The molecule has 0 bridgehead atoms. The fourth-order valence-electron chi connectivity index (χ4n) is 3.81. The van der Waals surface area contributed by atoms with Gasteiger partial charge in [0.2, 0.25) is 0 Å². The number of carboxylic acid groups (broad SMARTS) is 1. The van der Waals surface area contributed by atoms with Gasteiger partial charge in [-0.1, -0.05) is 66.4 Å². The predicted molar refractivity (Wildman–Crippen MR) is 123 cm³/mol. The zero-order chi connectivity index (χ0) is 24.2. The standard InChI is InChI=1S/C26H23F3O4S/c27-25(28,29)21-14-12-18(13-15-21)16-32-26(24(30)31,34-17-19-6-2-1-3-7-19)33-23-11-5-9-20-8-4-10-22(20)23/h1-3,5-7,9,11-15H,4,8,10,16-17H2,(H,30,31). The molecule has 4 nitrogen and oxygen atoms in total. The molecule has 1 aliphatic carbocycles. The number of hydrogen-bond donors (Lipinski definition) is 1. The van der Waals surface area contributed by atoms with Gasteiger partial charge in [-0.25, -0.2) is 4.79 Å². The van der Waals surface area contributed by atoms with Crippen LogP contribution in [0.5, 0.6) is 5.75 Å². The Morgan fingerprint density at radius 3 is 2.32 bits per heavy atom. The lowest BCUT2D eigenvalue weighted by atomic mass is 10.1. The van der Waals surface area contributed by atoms with Crippen LogP contribution < -0.4 is 4.74 Å². The van der Waals surface area contributed by atoms with E-state index >= 15 is 0 Å². The molecule has 0 heterocycles. The van der Waals surface area contributed by atoms with Crippen molar-refractivity contribution in [1.82, 2.24) is 0 Å². The Bertz CT molecular complexity index is 1130. The van der Waals surface area contributed by atoms with Crippen LogP contribution >= 0.6 is 11.8 Å². The topological polar surface area (TPSA) is 55.8 Å². The van der Waals surface area contributed by atoms with E-state index in [9.17, 15) is 23.1 Å². The first-order valence-corrected chi connectivity index (χ1v) is 11.8. The quantitative estimate of drug-likeness (QED) is 0.350. The summed E-state index contributed by atoms with van der Waals surface area (Å²) < 4.78 is 50.6. The number of aryl methyl sites for hydroxylation is 1. The summed E-state index contributed by atoms with van der Waals surface area (Å²) in [5.74, 6) is -0.573. The van der Waals surface area contributed by atoms with Gasteiger partial charge in [-0.3, -0.25) is 0 Å². The Kier molecular flexibility index (Phi) is 7.19. The Hall–Kier alpha value is -2.97. The first kappa shape index (κ1) is 24.2. The molecular weight excluding hydrogens is 465 g/mol. The van der Waals surface area contributed by atoms with E-state index in [1.807, 2.05) is 42.5 Å². The SMILES string of the molecule is O=C(O)C(OCc1ccc(C(F)(F)F)cc1)(Oc1cccc2c1CCC2)SCc1ccccc1. The average Bonchev–Trinajstić information content (AvgIpc) is 3.31. The Morgan fingerprint density at radius 2 is 1.65 bits per heavy atom. The summed E-state index contributed by atoms with van der Waals surface area (Å²) in [6, 6.07) is 19.3. The summed E-state index contributed by atoms with van der Waals surface area (Å²) in [4.78, 5) is 12.5. The second-order valence-corrected chi connectivity index (χ2v) is 9.08. The minimum atomic E-state index is -4.45. The van der Waals surface area contributed by atoms with Crippen molar-refractivity contribution >= 4 is 17.7 Å². The Balaban J connectivity index is 1.60. The summed E-state index contributed by atoms with van der Waals surface area (Å²) in [7, 11) is 0. The van der Waals surface area contributed by atoms with Gasteiger partial charge in [0.15, 0.2) is 0 Å². The summed E-state index contributed by atoms with van der Waals surface area (Å²) >= 11 is 0.973. The maximum atomic E-state index is 12.9. The second kappa shape index (κ2) is 10.1. The van der Waals surface area contributed by atoms with Crippen LogP contribution in [0.1, 0.15) is 34.2 Å². The summed E-state index contributed by atoms with van der Waals surface area (Å²) in [5.41, 5.74) is 2.59. The number of ether oxygens (including phenoxy) is 2. The monoisotopic (exact) mass is 488 g/mol. The lowest BCUT2D eigenvalue weighted by molar-refractivity contribution is -0.183. The summed E-state index contributed by atoms with van der Waals surface area (Å²) in [6.07, 6.45) is -1.81. The molecule has 0 aromatic heterocycles. The third kappa shape index (κ3) is 5.56. The Labute approximate surface area is 199 Å². The fourth-order valence-corrected chi connectivity index (χ4v) is 4.78. The summed E-state index contributed by atoms with van der Waals surface area (Å²) in [5, 5.41) is 8.13. The molecule has 34 heavy (non-hydrogen) atoms. The predicted octanol–water partition coefficient (Wildman–Crippen LogP) is 6.46. The van der Waals surface area contributed by atoms with E-state index in [2.05, 4.69) is 0 Å². The van der Waals surface area contributed by atoms with Crippen molar-refractivity contribution in [3.05, 3.63) is 101 Å². The highest BCUT2D eigenvalue weighted by molar-refractivity contribution is 8.00. The molecule has 0 saturated heterocycles. The first-order chi connectivity index (χ1) is 16.3. The van der Waals surface area contributed by atoms with Crippen molar-refractivity contribution in [1.29, 1.82) is 0 Å². The van der Waals surface area contributed by atoms with Crippen LogP contribution in [0.2, 0.25) is 0 Å². The molecule has 3 aromatic rings. The van der Waals surface area contributed by atoms with Crippen LogP contribution in [0.3, 0.4) is 0 Å². The molecule has 8 heteroatoms. The number of carboxylic acids is 1. The molecular formula is C26H23F3O4S. The average molecular weight is 489 g/mol. The van der Waals surface area contributed by atoms with Crippen molar-refractivity contribution in [3.63, 3.8) is 0 Å². The zero-order valence-corrected chi connectivity index (χ0v) is 19.0. The van der Waals surface area contributed by atoms with Crippen LogP contribution in [-0.4, -0.2) is 16.2 Å². The van der Waals surface area contributed by atoms with E-state index in [-0.39, 0.29) is 6.61 Å². The molecule has 0 amide bonds. The lowest BCUT2D eigenvalue weighted by Crippen LogP contribution is -2.44. The zero-order valence-electron chi connectivity index (χ0n) is 18.2. The van der Waals surface area contributed by atoms with Gasteiger partial charge >= 0.3 is 17.3 Å². The van der Waals surface area contributed by atoms with Gasteiger partial charge in [-0.05, 0) is 59.7 Å². The van der Waals surface area contributed by atoms with Crippen molar-refractivity contribution in [2.24, 2.45) is 0 Å². The van der Waals surface area contributed by atoms with E-state index in [4.69, 9.17) is 9.47 Å². The minimum absolute atomic E-state index is 0.235. The van der Waals surface area contributed by atoms with E-state index in [0.717, 1.165) is 59.8 Å². The van der Waals surface area contributed by atoms with Gasteiger partial charge < -0.3 is 14.6 Å². The summed E-state index contributed by atoms with van der Waals surface area (Å²) in [6.45, 7) is -0.235. The van der Waals surface area contributed by atoms with Crippen LogP contribution in [0, 0.1) is 0 Å². The number of carbonyl (C=O) groups is 1. The second-order valence-electron chi connectivity index (χ2n) is 7.97. The van der Waals surface area contributed by atoms with Crippen molar-refractivity contribution in [2.75, 3.05) is 0 Å². The highest BCUT2D eigenvalue weighted by Crippen LogP contribution is 2.39. The van der Waals surface area contributed by atoms with E-state index in [1.165, 1.54) is 12.1 Å². The molecule has 0 fully saturated rings. The maximum absolute atomic E-state index is 12.9.